The van der Waals surface area contributed by atoms with Crippen molar-refractivity contribution < 1.29 is 13.2 Å². The number of aryl methyl sites for hydroxylation is 2. The van der Waals surface area contributed by atoms with Gasteiger partial charge in [-0.15, -0.1) is 0 Å². The van der Waals surface area contributed by atoms with Crippen molar-refractivity contribution in [1.82, 2.24) is 9.21 Å². The number of carbonyl (C=O) groups excluding carboxylic acids is 1. The van der Waals surface area contributed by atoms with Gasteiger partial charge in [0.15, 0.2) is 0 Å². The number of amides is 1. The summed E-state index contributed by atoms with van der Waals surface area (Å²) in [6.45, 7) is 3.61. The Balaban J connectivity index is 1.65. The van der Waals surface area contributed by atoms with E-state index in [0.717, 1.165) is 18.4 Å². The molecule has 0 bridgehead atoms. The van der Waals surface area contributed by atoms with Crippen LogP contribution in [-0.4, -0.2) is 55.5 Å². The molecule has 2 aliphatic rings. The second kappa shape index (κ2) is 7.23. The zero-order valence-electron chi connectivity index (χ0n) is 14.3. The fraction of sp³-hybridized carbons (Fsp3) is 0.611. The second-order valence-electron chi connectivity index (χ2n) is 6.70. The van der Waals surface area contributed by atoms with Gasteiger partial charge in [0.2, 0.25) is 10.0 Å². The zero-order valence-corrected chi connectivity index (χ0v) is 15.1. The number of sulfonamides is 1. The van der Waals surface area contributed by atoms with E-state index in [4.69, 9.17) is 0 Å². The molecule has 1 amide bonds. The molecule has 0 radical (unpaired) electrons. The Labute approximate surface area is 144 Å². The van der Waals surface area contributed by atoms with Crippen LogP contribution in [0.15, 0.2) is 18.2 Å². The molecule has 5 nitrogen and oxygen atoms in total. The SMILES string of the molecule is CCCS(=O)(=O)N1CCN(C(=O)c2ccc3c(c2)CCCC3)CC1. The van der Waals surface area contributed by atoms with Gasteiger partial charge in [-0.25, -0.2) is 8.42 Å². The van der Waals surface area contributed by atoms with Crippen molar-refractivity contribution in [2.45, 2.75) is 39.0 Å². The summed E-state index contributed by atoms with van der Waals surface area (Å²) >= 11 is 0. The number of piperazine rings is 1. The zero-order chi connectivity index (χ0) is 17.2. The summed E-state index contributed by atoms with van der Waals surface area (Å²) in [5.74, 6) is 0.210. The first-order valence-corrected chi connectivity index (χ1v) is 10.5. The quantitative estimate of drug-likeness (QED) is 0.835. The highest BCUT2D eigenvalue weighted by molar-refractivity contribution is 7.89. The summed E-state index contributed by atoms with van der Waals surface area (Å²) in [6.07, 6.45) is 5.21. The van der Waals surface area contributed by atoms with E-state index < -0.39 is 10.0 Å². The molecule has 3 rings (SSSR count). The normalized spacial score (nSPS) is 19.1. The Morgan fingerprint density at radius 3 is 2.38 bits per heavy atom. The monoisotopic (exact) mass is 350 g/mol. The Morgan fingerprint density at radius 2 is 1.71 bits per heavy atom. The molecule has 0 aromatic heterocycles. The first-order valence-electron chi connectivity index (χ1n) is 8.90. The van der Waals surface area contributed by atoms with Crippen LogP contribution < -0.4 is 0 Å². The van der Waals surface area contributed by atoms with Crippen LogP contribution in [0.2, 0.25) is 0 Å². The lowest BCUT2D eigenvalue weighted by molar-refractivity contribution is 0.0697. The minimum absolute atomic E-state index is 0.0240. The summed E-state index contributed by atoms with van der Waals surface area (Å²) in [5, 5.41) is 0. The Bertz CT molecular complexity index is 707. The third-order valence-electron chi connectivity index (χ3n) is 4.98. The molecular weight excluding hydrogens is 324 g/mol. The molecule has 0 N–H and O–H groups in total. The summed E-state index contributed by atoms with van der Waals surface area (Å²) < 4.78 is 25.8. The van der Waals surface area contributed by atoms with Crippen molar-refractivity contribution in [1.29, 1.82) is 0 Å². The van der Waals surface area contributed by atoms with Crippen LogP contribution in [0.25, 0.3) is 0 Å². The van der Waals surface area contributed by atoms with Gasteiger partial charge in [-0.1, -0.05) is 13.0 Å². The largest absolute Gasteiger partial charge is 0.336 e. The van der Waals surface area contributed by atoms with Crippen molar-refractivity contribution in [3.63, 3.8) is 0 Å². The smallest absolute Gasteiger partial charge is 0.253 e. The number of hydrogen-bond acceptors (Lipinski definition) is 3. The van der Waals surface area contributed by atoms with E-state index in [1.54, 1.807) is 4.90 Å². The van der Waals surface area contributed by atoms with E-state index in [9.17, 15) is 13.2 Å². The number of hydrogen-bond donors (Lipinski definition) is 0. The predicted molar refractivity (Wildman–Crippen MR) is 94.6 cm³/mol. The van der Waals surface area contributed by atoms with Gasteiger partial charge in [0.05, 0.1) is 5.75 Å². The number of nitrogens with zero attached hydrogens (tertiary/aromatic N) is 2. The third-order valence-corrected chi connectivity index (χ3v) is 7.05. The van der Waals surface area contributed by atoms with Crippen LogP contribution in [-0.2, 0) is 22.9 Å². The fourth-order valence-electron chi connectivity index (χ4n) is 3.61. The highest BCUT2D eigenvalue weighted by Gasteiger charge is 2.28. The summed E-state index contributed by atoms with van der Waals surface area (Å²) in [5.41, 5.74) is 3.41. The first kappa shape index (κ1) is 17.4. The van der Waals surface area contributed by atoms with E-state index in [1.165, 1.54) is 28.3 Å². The van der Waals surface area contributed by atoms with Crippen LogP contribution in [0.1, 0.15) is 47.7 Å². The number of rotatable bonds is 4. The summed E-state index contributed by atoms with van der Waals surface area (Å²) in [4.78, 5) is 14.5. The molecule has 1 aliphatic heterocycles. The maximum absolute atomic E-state index is 12.7. The lowest BCUT2D eigenvalue weighted by Gasteiger charge is -2.34. The molecule has 0 spiro atoms. The Kier molecular flexibility index (Phi) is 5.25. The molecule has 0 atom stereocenters. The van der Waals surface area contributed by atoms with Gasteiger partial charge in [0, 0.05) is 31.7 Å². The molecule has 1 saturated heterocycles. The van der Waals surface area contributed by atoms with E-state index in [0.29, 0.717) is 32.6 Å². The average Bonchev–Trinajstić information content (AvgIpc) is 2.61. The Hall–Kier alpha value is -1.40. The topological polar surface area (TPSA) is 57.7 Å². The molecule has 132 valence electrons. The third kappa shape index (κ3) is 3.64. The summed E-state index contributed by atoms with van der Waals surface area (Å²) in [6, 6.07) is 6.05. The minimum atomic E-state index is -3.16. The van der Waals surface area contributed by atoms with Crippen LogP contribution in [0, 0.1) is 0 Å². The van der Waals surface area contributed by atoms with Gasteiger partial charge in [0.25, 0.3) is 5.91 Å². The van der Waals surface area contributed by atoms with Crippen molar-refractivity contribution in [3.8, 4) is 0 Å². The van der Waals surface area contributed by atoms with Gasteiger partial charge in [-0.3, -0.25) is 4.79 Å². The van der Waals surface area contributed by atoms with Gasteiger partial charge < -0.3 is 4.90 Å². The Morgan fingerprint density at radius 1 is 1.04 bits per heavy atom. The van der Waals surface area contributed by atoms with Crippen LogP contribution >= 0.6 is 0 Å². The molecule has 1 aromatic rings. The predicted octanol–water partition coefficient (Wildman–Crippen LogP) is 2.06. The molecule has 1 heterocycles. The van der Waals surface area contributed by atoms with E-state index in [-0.39, 0.29) is 11.7 Å². The number of carbonyl (C=O) groups is 1. The molecule has 1 fully saturated rings. The molecule has 6 heteroatoms. The molecule has 1 aliphatic carbocycles. The first-order chi connectivity index (χ1) is 11.5. The van der Waals surface area contributed by atoms with E-state index in [2.05, 4.69) is 6.07 Å². The minimum Gasteiger partial charge on any atom is -0.336 e. The van der Waals surface area contributed by atoms with Crippen molar-refractivity contribution in [3.05, 3.63) is 34.9 Å². The lowest BCUT2D eigenvalue weighted by Crippen LogP contribution is -2.51. The number of fused-ring (bicyclic) bond motifs is 1. The van der Waals surface area contributed by atoms with Crippen molar-refractivity contribution >= 4 is 15.9 Å². The fourth-order valence-corrected chi connectivity index (χ4v) is 5.10. The van der Waals surface area contributed by atoms with Crippen LogP contribution in [0.4, 0.5) is 0 Å². The average molecular weight is 350 g/mol. The molecule has 0 saturated carbocycles. The van der Waals surface area contributed by atoms with Crippen LogP contribution in [0.5, 0.6) is 0 Å². The molecule has 24 heavy (non-hydrogen) atoms. The van der Waals surface area contributed by atoms with E-state index >= 15 is 0 Å². The van der Waals surface area contributed by atoms with Crippen molar-refractivity contribution in [2.75, 3.05) is 31.9 Å². The van der Waals surface area contributed by atoms with Gasteiger partial charge in [-0.2, -0.15) is 4.31 Å². The molecule has 0 unspecified atom stereocenters. The lowest BCUT2D eigenvalue weighted by atomic mass is 9.90. The van der Waals surface area contributed by atoms with Crippen LogP contribution in [0.3, 0.4) is 0 Å². The van der Waals surface area contributed by atoms with Crippen molar-refractivity contribution in [2.24, 2.45) is 0 Å². The maximum Gasteiger partial charge on any atom is 0.253 e. The van der Waals surface area contributed by atoms with Gasteiger partial charge in [-0.05, 0) is 55.4 Å². The molecule has 1 aromatic carbocycles. The number of benzene rings is 1. The maximum atomic E-state index is 12.7. The van der Waals surface area contributed by atoms with Gasteiger partial charge in [0.1, 0.15) is 0 Å². The van der Waals surface area contributed by atoms with E-state index in [1.807, 2.05) is 19.1 Å². The molecular formula is C18H26N2O3S. The summed E-state index contributed by atoms with van der Waals surface area (Å²) in [7, 11) is -3.16. The second-order valence-corrected chi connectivity index (χ2v) is 8.79. The standard InChI is InChI=1S/C18H26N2O3S/c1-2-13-24(22,23)20-11-9-19(10-12-20)18(21)17-8-7-15-5-3-4-6-16(15)14-17/h7-8,14H,2-6,9-13H2,1H3. The highest BCUT2D eigenvalue weighted by atomic mass is 32.2. The highest BCUT2D eigenvalue weighted by Crippen LogP contribution is 2.23. The van der Waals surface area contributed by atoms with Gasteiger partial charge >= 0.3 is 0 Å².